The molecular formula is C22H20F2N2O4S. The Hall–Kier alpha value is -3.33. The lowest BCUT2D eigenvalue weighted by Gasteiger charge is -2.14. The zero-order valence-electron chi connectivity index (χ0n) is 16.8. The number of carbonyl (C=O) groups is 2. The van der Waals surface area contributed by atoms with Gasteiger partial charge in [-0.05, 0) is 31.0 Å². The van der Waals surface area contributed by atoms with Gasteiger partial charge in [0, 0.05) is 10.9 Å². The molecule has 0 aliphatic carbocycles. The zero-order valence-corrected chi connectivity index (χ0v) is 17.6. The minimum Gasteiger partial charge on any atom is -0.449 e. The van der Waals surface area contributed by atoms with Gasteiger partial charge in [0.25, 0.3) is 5.91 Å². The predicted octanol–water partition coefficient (Wildman–Crippen LogP) is 5.16. The van der Waals surface area contributed by atoms with E-state index in [-0.39, 0.29) is 11.3 Å². The summed E-state index contributed by atoms with van der Waals surface area (Å²) in [5.74, 6) is -1.87. The van der Waals surface area contributed by atoms with Gasteiger partial charge in [0.1, 0.15) is 11.3 Å². The van der Waals surface area contributed by atoms with Crippen molar-refractivity contribution in [2.75, 3.05) is 5.32 Å². The van der Waals surface area contributed by atoms with Crippen molar-refractivity contribution < 1.29 is 27.8 Å². The Morgan fingerprint density at radius 3 is 2.52 bits per heavy atom. The van der Waals surface area contributed by atoms with E-state index in [2.05, 4.69) is 22.0 Å². The van der Waals surface area contributed by atoms with Gasteiger partial charge in [0.05, 0.1) is 5.69 Å². The highest BCUT2D eigenvalue weighted by Gasteiger charge is 2.23. The van der Waals surface area contributed by atoms with Gasteiger partial charge in [0.2, 0.25) is 0 Å². The van der Waals surface area contributed by atoms with Crippen molar-refractivity contribution in [3.8, 4) is 17.0 Å². The van der Waals surface area contributed by atoms with E-state index in [1.807, 2.05) is 29.6 Å². The predicted molar refractivity (Wildman–Crippen MR) is 114 cm³/mol. The maximum absolute atomic E-state index is 12.5. The third kappa shape index (κ3) is 5.85. The quantitative estimate of drug-likeness (QED) is 0.484. The zero-order chi connectivity index (χ0) is 22.4. The number of esters is 1. The number of nitrogens with one attached hydrogen (secondary N) is 1. The molecule has 1 N–H and O–H groups in total. The highest BCUT2D eigenvalue weighted by molar-refractivity contribution is 7.14. The Bertz CT molecular complexity index is 1050. The molecule has 1 amide bonds. The molecular weight excluding hydrogens is 426 g/mol. The number of alkyl halides is 2. The number of carbonyl (C=O) groups excluding carboxylic acids is 2. The Balaban J connectivity index is 1.62. The normalized spacial score (nSPS) is 11.8. The van der Waals surface area contributed by atoms with Crippen LogP contribution in [-0.4, -0.2) is 29.6 Å². The van der Waals surface area contributed by atoms with Crippen LogP contribution in [-0.2, 0) is 16.0 Å². The standard InChI is InChI=1S/C22H20F2N2O4S/c1-3-14-8-10-15(11-9-14)17-12-31-22(25-17)26-19(27)13(2)29-20(28)16-6-4-5-7-18(16)30-21(23)24/h4-13,21H,3H2,1-2H3,(H,25,26,27). The molecule has 0 spiro atoms. The molecule has 1 aromatic heterocycles. The van der Waals surface area contributed by atoms with E-state index in [0.29, 0.717) is 10.8 Å². The summed E-state index contributed by atoms with van der Waals surface area (Å²) in [6.07, 6.45) is -0.239. The molecule has 0 aliphatic heterocycles. The second kappa shape index (κ2) is 10.1. The minimum absolute atomic E-state index is 0.200. The van der Waals surface area contributed by atoms with Crippen LogP contribution in [0, 0.1) is 0 Å². The highest BCUT2D eigenvalue weighted by atomic mass is 32.1. The number of nitrogens with zero attached hydrogens (tertiary/aromatic N) is 1. The number of anilines is 1. The number of benzene rings is 2. The summed E-state index contributed by atoms with van der Waals surface area (Å²) in [5, 5.41) is 4.76. The average molecular weight is 446 g/mol. The van der Waals surface area contributed by atoms with Crippen molar-refractivity contribution in [3.63, 3.8) is 0 Å². The molecule has 0 fully saturated rings. The van der Waals surface area contributed by atoms with E-state index in [0.717, 1.165) is 12.0 Å². The second-order valence-corrected chi connectivity index (χ2v) is 7.36. The van der Waals surface area contributed by atoms with E-state index >= 15 is 0 Å². The molecule has 0 aliphatic rings. The molecule has 162 valence electrons. The molecule has 3 aromatic rings. The van der Waals surface area contributed by atoms with Gasteiger partial charge in [-0.25, -0.2) is 9.78 Å². The first-order valence-electron chi connectivity index (χ1n) is 9.48. The van der Waals surface area contributed by atoms with Crippen LogP contribution in [0.4, 0.5) is 13.9 Å². The summed E-state index contributed by atoms with van der Waals surface area (Å²) in [6, 6.07) is 13.4. The molecule has 1 unspecified atom stereocenters. The topological polar surface area (TPSA) is 77.5 Å². The van der Waals surface area contributed by atoms with Gasteiger partial charge < -0.3 is 9.47 Å². The number of amides is 1. The third-order valence-electron chi connectivity index (χ3n) is 4.37. The van der Waals surface area contributed by atoms with Gasteiger partial charge >= 0.3 is 12.6 Å². The molecule has 1 heterocycles. The number of aryl methyl sites for hydroxylation is 1. The van der Waals surface area contributed by atoms with E-state index in [1.54, 1.807) is 0 Å². The number of rotatable bonds is 8. The van der Waals surface area contributed by atoms with Gasteiger partial charge in [0.15, 0.2) is 11.2 Å². The lowest BCUT2D eigenvalue weighted by molar-refractivity contribution is -0.123. The van der Waals surface area contributed by atoms with Crippen LogP contribution in [0.25, 0.3) is 11.3 Å². The molecule has 1 atom stereocenters. The lowest BCUT2D eigenvalue weighted by Crippen LogP contribution is -2.30. The molecule has 2 aromatic carbocycles. The number of halogens is 2. The molecule has 0 bridgehead atoms. The summed E-state index contributed by atoms with van der Waals surface area (Å²) in [5.41, 5.74) is 2.65. The monoisotopic (exact) mass is 446 g/mol. The number of ether oxygens (including phenoxy) is 2. The molecule has 0 saturated heterocycles. The van der Waals surface area contributed by atoms with Gasteiger partial charge in [-0.3, -0.25) is 10.1 Å². The maximum Gasteiger partial charge on any atom is 0.387 e. The number of thiazole rings is 1. The maximum atomic E-state index is 12.5. The summed E-state index contributed by atoms with van der Waals surface area (Å²) < 4.78 is 34.5. The van der Waals surface area contributed by atoms with Gasteiger partial charge in [-0.1, -0.05) is 43.3 Å². The van der Waals surface area contributed by atoms with Crippen molar-refractivity contribution in [1.29, 1.82) is 0 Å². The van der Waals surface area contributed by atoms with E-state index in [4.69, 9.17) is 4.74 Å². The smallest absolute Gasteiger partial charge is 0.387 e. The van der Waals surface area contributed by atoms with E-state index in [1.165, 1.54) is 48.1 Å². The number of para-hydroxylation sites is 1. The molecule has 31 heavy (non-hydrogen) atoms. The van der Waals surface area contributed by atoms with Crippen molar-refractivity contribution >= 4 is 28.3 Å². The van der Waals surface area contributed by atoms with Gasteiger partial charge in [-0.2, -0.15) is 8.78 Å². The summed E-state index contributed by atoms with van der Waals surface area (Å²) in [6.45, 7) is 0.359. The van der Waals surface area contributed by atoms with E-state index < -0.39 is 24.6 Å². The van der Waals surface area contributed by atoms with Crippen molar-refractivity contribution in [3.05, 3.63) is 65.0 Å². The minimum atomic E-state index is -3.09. The first-order chi connectivity index (χ1) is 14.9. The fourth-order valence-corrected chi connectivity index (χ4v) is 3.42. The van der Waals surface area contributed by atoms with Crippen molar-refractivity contribution in [2.45, 2.75) is 33.0 Å². The second-order valence-electron chi connectivity index (χ2n) is 6.50. The van der Waals surface area contributed by atoms with E-state index in [9.17, 15) is 18.4 Å². The van der Waals surface area contributed by atoms with Crippen LogP contribution in [0.1, 0.15) is 29.8 Å². The van der Waals surface area contributed by atoms with Crippen LogP contribution in [0.5, 0.6) is 5.75 Å². The molecule has 0 radical (unpaired) electrons. The summed E-state index contributed by atoms with van der Waals surface area (Å²) in [4.78, 5) is 29.1. The van der Waals surface area contributed by atoms with Crippen LogP contribution in [0.2, 0.25) is 0 Å². The molecule has 0 saturated carbocycles. The Morgan fingerprint density at radius 1 is 1.13 bits per heavy atom. The first-order valence-corrected chi connectivity index (χ1v) is 10.4. The fraction of sp³-hybridized carbons (Fsp3) is 0.227. The largest absolute Gasteiger partial charge is 0.449 e. The van der Waals surface area contributed by atoms with Crippen molar-refractivity contribution in [2.24, 2.45) is 0 Å². The Kier molecular flexibility index (Phi) is 7.30. The summed E-state index contributed by atoms with van der Waals surface area (Å²) >= 11 is 1.24. The SMILES string of the molecule is CCc1ccc(-c2csc(NC(=O)C(C)OC(=O)c3ccccc3OC(F)F)n2)cc1. The number of aromatic nitrogens is 1. The number of hydrogen-bond donors (Lipinski definition) is 1. The third-order valence-corrected chi connectivity index (χ3v) is 5.13. The summed E-state index contributed by atoms with van der Waals surface area (Å²) in [7, 11) is 0. The average Bonchev–Trinajstić information content (AvgIpc) is 3.22. The van der Waals surface area contributed by atoms with Crippen LogP contribution >= 0.6 is 11.3 Å². The van der Waals surface area contributed by atoms with Crippen LogP contribution in [0.15, 0.2) is 53.9 Å². The fourth-order valence-electron chi connectivity index (χ4n) is 2.69. The first kappa shape index (κ1) is 22.4. The Labute approximate surface area is 181 Å². The molecule has 6 nitrogen and oxygen atoms in total. The highest BCUT2D eigenvalue weighted by Crippen LogP contribution is 2.26. The molecule has 9 heteroatoms. The lowest BCUT2D eigenvalue weighted by atomic mass is 10.1. The van der Waals surface area contributed by atoms with Crippen LogP contribution < -0.4 is 10.1 Å². The number of hydrogen-bond acceptors (Lipinski definition) is 6. The Morgan fingerprint density at radius 2 is 1.84 bits per heavy atom. The molecule has 3 rings (SSSR count). The van der Waals surface area contributed by atoms with Crippen molar-refractivity contribution in [1.82, 2.24) is 4.98 Å². The van der Waals surface area contributed by atoms with Crippen LogP contribution in [0.3, 0.4) is 0 Å². The van der Waals surface area contributed by atoms with Gasteiger partial charge in [-0.15, -0.1) is 11.3 Å².